The van der Waals surface area contributed by atoms with Gasteiger partial charge in [-0.15, -0.1) is 0 Å². The summed E-state index contributed by atoms with van der Waals surface area (Å²) in [6.45, 7) is 0. The highest BCUT2D eigenvalue weighted by molar-refractivity contribution is 9.10. The van der Waals surface area contributed by atoms with E-state index in [1.807, 2.05) is 18.2 Å². The molecule has 0 aromatic heterocycles. The Balaban J connectivity index is 2.21. The molecule has 0 atom stereocenters. The zero-order chi connectivity index (χ0) is 12.3. The maximum absolute atomic E-state index is 9.39. The van der Waals surface area contributed by atoms with E-state index in [4.69, 9.17) is 11.6 Å². The molecule has 1 aliphatic rings. The van der Waals surface area contributed by atoms with Crippen molar-refractivity contribution >= 4 is 33.2 Å². The van der Waals surface area contributed by atoms with Gasteiger partial charge in [0.25, 0.3) is 0 Å². The average Bonchev–Trinajstić information content (AvgIpc) is 2.34. The lowest BCUT2D eigenvalue weighted by atomic mass is 9.82. The fraction of sp³-hybridized carbons (Fsp3) is 0.462. The summed E-state index contributed by atoms with van der Waals surface area (Å²) in [4.78, 5) is 0. The minimum atomic E-state index is -0.408. The van der Waals surface area contributed by atoms with E-state index in [1.165, 1.54) is 6.42 Å². The van der Waals surface area contributed by atoms with E-state index >= 15 is 0 Å². The van der Waals surface area contributed by atoms with Crippen LogP contribution in [0.15, 0.2) is 22.7 Å². The van der Waals surface area contributed by atoms with Gasteiger partial charge in [0.2, 0.25) is 0 Å². The maximum Gasteiger partial charge on any atom is 0.125 e. The molecule has 0 radical (unpaired) electrons. The quantitative estimate of drug-likeness (QED) is 0.856. The third-order valence-corrected chi connectivity index (χ3v) is 4.12. The second kappa shape index (κ2) is 5.29. The fourth-order valence-electron chi connectivity index (χ4n) is 2.27. The summed E-state index contributed by atoms with van der Waals surface area (Å²) in [5.74, 6) is 0. The van der Waals surface area contributed by atoms with Gasteiger partial charge in [-0.25, -0.2) is 0 Å². The van der Waals surface area contributed by atoms with Crippen LogP contribution < -0.4 is 5.32 Å². The van der Waals surface area contributed by atoms with Crippen LogP contribution in [0.5, 0.6) is 0 Å². The molecule has 1 aromatic rings. The Bertz CT molecular complexity index is 447. The zero-order valence-electron chi connectivity index (χ0n) is 9.47. The molecule has 1 aromatic carbocycles. The number of nitrogens with zero attached hydrogens (tertiary/aromatic N) is 1. The Kier molecular flexibility index (Phi) is 3.96. The van der Waals surface area contributed by atoms with Gasteiger partial charge >= 0.3 is 0 Å². The molecule has 0 unspecified atom stereocenters. The Morgan fingerprint density at radius 2 is 2.00 bits per heavy atom. The number of rotatable bonds is 2. The molecule has 0 bridgehead atoms. The minimum Gasteiger partial charge on any atom is -0.366 e. The lowest BCUT2D eigenvalue weighted by molar-refractivity contribution is 0.392. The van der Waals surface area contributed by atoms with Crippen LogP contribution in [0.2, 0.25) is 5.02 Å². The second-order valence-corrected chi connectivity index (χ2v) is 5.79. The van der Waals surface area contributed by atoms with Crippen LogP contribution >= 0.6 is 27.5 Å². The van der Waals surface area contributed by atoms with Crippen molar-refractivity contribution in [2.75, 3.05) is 5.32 Å². The first-order valence-corrected chi connectivity index (χ1v) is 6.97. The van der Waals surface area contributed by atoms with Crippen LogP contribution in [0.1, 0.15) is 32.1 Å². The van der Waals surface area contributed by atoms with Crippen LogP contribution in [0.4, 0.5) is 5.69 Å². The third-order valence-electron chi connectivity index (χ3n) is 3.23. The molecule has 0 spiro atoms. The first-order chi connectivity index (χ1) is 8.15. The molecule has 1 fully saturated rings. The van der Waals surface area contributed by atoms with E-state index in [0.717, 1.165) is 35.8 Å². The molecule has 0 aliphatic heterocycles. The number of halogens is 2. The van der Waals surface area contributed by atoms with Crippen LogP contribution in [0, 0.1) is 11.3 Å². The molecule has 0 heterocycles. The summed E-state index contributed by atoms with van der Waals surface area (Å²) in [6, 6.07) is 8.04. The van der Waals surface area contributed by atoms with Crippen molar-refractivity contribution in [1.82, 2.24) is 0 Å². The summed E-state index contributed by atoms with van der Waals surface area (Å²) in [5.41, 5.74) is 0.534. The zero-order valence-corrected chi connectivity index (χ0v) is 11.8. The third kappa shape index (κ3) is 2.94. The lowest BCUT2D eigenvalue weighted by Crippen LogP contribution is -2.38. The highest BCUT2D eigenvalue weighted by Crippen LogP contribution is 2.34. The molecular formula is C13H14BrClN2. The average molecular weight is 314 g/mol. The Morgan fingerprint density at radius 1 is 1.29 bits per heavy atom. The summed E-state index contributed by atoms with van der Waals surface area (Å²) in [5, 5.41) is 13.5. The van der Waals surface area contributed by atoms with Crippen molar-refractivity contribution in [2.24, 2.45) is 0 Å². The monoisotopic (exact) mass is 312 g/mol. The van der Waals surface area contributed by atoms with E-state index in [1.54, 1.807) is 0 Å². The van der Waals surface area contributed by atoms with Gasteiger partial charge in [-0.05, 0) is 47.0 Å². The smallest absolute Gasteiger partial charge is 0.125 e. The molecule has 17 heavy (non-hydrogen) atoms. The molecule has 0 amide bonds. The van der Waals surface area contributed by atoms with E-state index in [2.05, 4.69) is 27.3 Å². The molecule has 4 heteroatoms. The van der Waals surface area contributed by atoms with Crippen LogP contribution in [-0.2, 0) is 0 Å². The van der Waals surface area contributed by atoms with Crippen molar-refractivity contribution in [2.45, 2.75) is 37.6 Å². The first kappa shape index (κ1) is 12.7. The van der Waals surface area contributed by atoms with Crippen LogP contribution in [0.25, 0.3) is 0 Å². The Labute approximate surface area is 115 Å². The summed E-state index contributed by atoms with van der Waals surface area (Å²) in [7, 11) is 0. The normalized spacial score (nSPS) is 18.4. The maximum atomic E-state index is 9.39. The van der Waals surface area contributed by atoms with Gasteiger partial charge in [-0.2, -0.15) is 5.26 Å². The largest absolute Gasteiger partial charge is 0.366 e. The van der Waals surface area contributed by atoms with Crippen molar-refractivity contribution in [3.8, 4) is 6.07 Å². The summed E-state index contributed by atoms with van der Waals surface area (Å²) in [6.07, 6.45) is 5.29. The summed E-state index contributed by atoms with van der Waals surface area (Å²) < 4.78 is 0.908. The molecule has 2 nitrogen and oxygen atoms in total. The van der Waals surface area contributed by atoms with Gasteiger partial charge in [0.05, 0.1) is 6.07 Å². The van der Waals surface area contributed by atoms with Crippen molar-refractivity contribution < 1.29 is 0 Å². The molecule has 1 N–H and O–H groups in total. The fourth-order valence-corrected chi connectivity index (χ4v) is 3.05. The second-order valence-electron chi connectivity index (χ2n) is 4.50. The van der Waals surface area contributed by atoms with Crippen LogP contribution in [-0.4, -0.2) is 5.54 Å². The molecule has 1 aliphatic carbocycles. The van der Waals surface area contributed by atoms with Gasteiger partial charge in [-0.1, -0.05) is 30.9 Å². The highest BCUT2D eigenvalue weighted by atomic mass is 79.9. The number of hydrogen-bond donors (Lipinski definition) is 1. The van der Waals surface area contributed by atoms with Gasteiger partial charge < -0.3 is 5.32 Å². The molecule has 0 saturated heterocycles. The van der Waals surface area contributed by atoms with Crippen LogP contribution in [0.3, 0.4) is 0 Å². The van der Waals surface area contributed by atoms with Crippen molar-refractivity contribution in [3.05, 3.63) is 27.7 Å². The van der Waals surface area contributed by atoms with Crippen molar-refractivity contribution in [1.29, 1.82) is 5.26 Å². The Hall–Kier alpha value is -0.720. The molecule has 90 valence electrons. The lowest BCUT2D eigenvalue weighted by Gasteiger charge is -2.32. The van der Waals surface area contributed by atoms with Gasteiger partial charge in [0.15, 0.2) is 0 Å². The summed E-state index contributed by atoms with van der Waals surface area (Å²) >= 11 is 9.38. The number of benzene rings is 1. The standard InChI is InChI=1S/C13H14BrClN2/c14-11-8-10(15)4-5-12(11)17-13(9-16)6-2-1-3-7-13/h4-5,8,17H,1-3,6-7H2. The SMILES string of the molecule is N#CC1(Nc2ccc(Cl)cc2Br)CCCCC1. The predicted molar refractivity (Wildman–Crippen MR) is 74.2 cm³/mol. The van der Waals surface area contributed by atoms with Gasteiger partial charge in [-0.3, -0.25) is 0 Å². The van der Waals surface area contributed by atoms with E-state index in [9.17, 15) is 5.26 Å². The number of anilines is 1. The minimum absolute atomic E-state index is 0.408. The molecule has 1 saturated carbocycles. The van der Waals surface area contributed by atoms with E-state index < -0.39 is 5.54 Å². The van der Waals surface area contributed by atoms with Gasteiger partial charge in [0.1, 0.15) is 5.54 Å². The van der Waals surface area contributed by atoms with E-state index in [0.29, 0.717) is 5.02 Å². The molecular weight excluding hydrogens is 300 g/mol. The number of nitrogens with one attached hydrogen (secondary N) is 1. The van der Waals surface area contributed by atoms with Crippen molar-refractivity contribution in [3.63, 3.8) is 0 Å². The molecule has 2 rings (SSSR count). The highest BCUT2D eigenvalue weighted by Gasteiger charge is 2.32. The first-order valence-electron chi connectivity index (χ1n) is 5.80. The number of nitriles is 1. The topological polar surface area (TPSA) is 35.8 Å². The van der Waals surface area contributed by atoms with Gasteiger partial charge in [0, 0.05) is 15.2 Å². The number of hydrogen-bond acceptors (Lipinski definition) is 2. The predicted octanol–water partition coefficient (Wildman–Crippen LogP) is 4.74. The van der Waals surface area contributed by atoms with E-state index in [-0.39, 0.29) is 0 Å². The Morgan fingerprint density at radius 3 is 2.59 bits per heavy atom.